The number of amides is 2. The maximum absolute atomic E-state index is 12.1. The molecule has 0 aromatic carbocycles. The Hall–Kier alpha value is -1.30. The second kappa shape index (κ2) is 7.11. The minimum absolute atomic E-state index is 0.0523. The van der Waals surface area contributed by atoms with Gasteiger partial charge >= 0.3 is 6.09 Å². The van der Waals surface area contributed by atoms with Crippen LogP contribution in [0.4, 0.5) is 4.79 Å². The molecule has 1 fully saturated rings. The molecule has 1 aliphatic heterocycles. The number of piperidine rings is 1. The summed E-state index contributed by atoms with van der Waals surface area (Å²) in [5.74, 6) is -0.0587. The van der Waals surface area contributed by atoms with Gasteiger partial charge in [-0.05, 0) is 39.5 Å². The summed E-state index contributed by atoms with van der Waals surface area (Å²) in [6.07, 6.45) is 1.38. The van der Waals surface area contributed by atoms with Crippen LogP contribution in [0.2, 0.25) is 0 Å². The van der Waals surface area contributed by atoms with Gasteiger partial charge in [-0.15, -0.1) is 0 Å². The molecule has 2 atom stereocenters. The molecule has 0 bridgehead atoms. The molecule has 6 nitrogen and oxygen atoms in total. The van der Waals surface area contributed by atoms with Gasteiger partial charge in [0.25, 0.3) is 0 Å². The third-order valence-electron chi connectivity index (χ3n) is 3.44. The number of ether oxygens (including phenoxy) is 1. The number of hydrogen-bond acceptors (Lipinski definition) is 4. The number of hydrogen-bond donors (Lipinski definition) is 2. The van der Waals surface area contributed by atoms with Crippen LogP contribution in [0.5, 0.6) is 0 Å². The zero-order chi connectivity index (χ0) is 16.2. The van der Waals surface area contributed by atoms with E-state index in [9.17, 15) is 9.59 Å². The van der Waals surface area contributed by atoms with E-state index in [4.69, 9.17) is 10.5 Å². The van der Waals surface area contributed by atoms with E-state index in [1.807, 2.05) is 34.6 Å². The number of nitrogens with two attached hydrogens (primary N) is 1. The minimum Gasteiger partial charge on any atom is -0.444 e. The first-order valence-corrected chi connectivity index (χ1v) is 7.64. The summed E-state index contributed by atoms with van der Waals surface area (Å²) in [7, 11) is 0. The van der Waals surface area contributed by atoms with E-state index in [1.54, 1.807) is 4.90 Å². The van der Waals surface area contributed by atoms with E-state index < -0.39 is 11.6 Å². The van der Waals surface area contributed by atoms with Gasteiger partial charge in [0.05, 0.1) is 6.04 Å². The van der Waals surface area contributed by atoms with E-state index in [1.165, 1.54) is 0 Å². The lowest BCUT2D eigenvalue weighted by Gasteiger charge is -2.35. The molecule has 1 rings (SSSR count). The van der Waals surface area contributed by atoms with Crippen LogP contribution in [0.3, 0.4) is 0 Å². The maximum atomic E-state index is 12.1. The number of nitrogens with one attached hydrogen (secondary N) is 1. The van der Waals surface area contributed by atoms with Gasteiger partial charge in [0.1, 0.15) is 5.60 Å². The van der Waals surface area contributed by atoms with Crippen molar-refractivity contribution in [3.05, 3.63) is 0 Å². The lowest BCUT2D eigenvalue weighted by atomic mass is 10.0. The third-order valence-corrected chi connectivity index (χ3v) is 3.44. The van der Waals surface area contributed by atoms with Crippen LogP contribution in [0.25, 0.3) is 0 Å². The number of carbonyl (C=O) groups is 2. The molecule has 0 aliphatic carbocycles. The summed E-state index contributed by atoms with van der Waals surface area (Å²) >= 11 is 0. The predicted octanol–water partition coefficient (Wildman–Crippen LogP) is 1.49. The summed E-state index contributed by atoms with van der Waals surface area (Å²) in [6.45, 7) is 10.5. The van der Waals surface area contributed by atoms with Crippen LogP contribution in [0, 0.1) is 5.92 Å². The van der Waals surface area contributed by atoms with Crippen molar-refractivity contribution in [1.29, 1.82) is 0 Å². The molecule has 21 heavy (non-hydrogen) atoms. The first-order chi connectivity index (χ1) is 9.60. The molecule has 0 aromatic rings. The quantitative estimate of drug-likeness (QED) is 0.827. The second-order valence-electron chi connectivity index (χ2n) is 7.04. The van der Waals surface area contributed by atoms with E-state index >= 15 is 0 Å². The lowest BCUT2D eigenvalue weighted by Crippen LogP contribution is -2.54. The number of nitrogens with zero attached hydrogens (tertiary/aromatic N) is 1. The molecule has 2 amide bonds. The molecular weight excluding hydrogens is 270 g/mol. The van der Waals surface area contributed by atoms with Crippen LogP contribution >= 0.6 is 0 Å². The lowest BCUT2D eigenvalue weighted by molar-refractivity contribution is -0.124. The first kappa shape index (κ1) is 17.8. The summed E-state index contributed by atoms with van der Waals surface area (Å²) in [6, 6.07) is -0.564. The summed E-state index contributed by atoms with van der Waals surface area (Å²) < 4.78 is 5.37. The summed E-state index contributed by atoms with van der Waals surface area (Å²) in [4.78, 5) is 25.7. The Morgan fingerprint density at radius 3 is 2.48 bits per heavy atom. The molecule has 6 heteroatoms. The number of likely N-dealkylation sites (tertiary alicyclic amines) is 1. The summed E-state index contributed by atoms with van der Waals surface area (Å²) in [5, 5.41) is 2.93. The highest BCUT2D eigenvalue weighted by molar-refractivity contribution is 5.82. The molecule has 1 aliphatic rings. The highest BCUT2D eigenvalue weighted by atomic mass is 16.6. The normalized spacial score (nSPS) is 21.1. The third kappa shape index (κ3) is 5.91. The van der Waals surface area contributed by atoms with E-state index in [0.29, 0.717) is 13.1 Å². The second-order valence-corrected chi connectivity index (χ2v) is 7.04. The van der Waals surface area contributed by atoms with Gasteiger partial charge in [0, 0.05) is 19.1 Å². The minimum atomic E-state index is -0.512. The van der Waals surface area contributed by atoms with Crippen molar-refractivity contribution in [2.45, 2.75) is 65.1 Å². The first-order valence-electron chi connectivity index (χ1n) is 7.64. The smallest absolute Gasteiger partial charge is 0.410 e. The van der Waals surface area contributed by atoms with Gasteiger partial charge in [0.2, 0.25) is 5.91 Å². The Bertz CT molecular complexity index is 377. The summed E-state index contributed by atoms with van der Waals surface area (Å²) in [5.41, 5.74) is 5.33. The van der Waals surface area contributed by atoms with Crippen LogP contribution in [0.1, 0.15) is 47.5 Å². The fourth-order valence-corrected chi connectivity index (χ4v) is 2.19. The average Bonchev–Trinajstić information content (AvgIpc) is 2.35. The Morgan fingerprint density at radius 1 is 1.33 bits per heavy atom. The topological polar surface area (TPSA) is 84.7 Å². The molecular formula is C15H29N3O3. The highest BCUT2D eigenvalue weighted by Crippen LogP contribution is 2.15. The Balaban J connectivity index is 2.52. The molecule has 122 valence electrons. The average molecular weight is 299 g/mol. The Labute approximate surface area is 127 Å². The van der Waals surface area contributed by atoms with E-state index in [0.717, 1.165) is 12.8 Å². The fourth-order valence-electron chi connectivity index (χ4n) is 2.19. The van der Waals surface area contributed by atoms with Gasteiger partial charge in [-0.25, -0.2) is 4.79 Å². The predicted molar refractivity (Wildman–Crippen MR) is 81.8 cm³/mol. The number of rotatable bonds is 3. The van der Waals surface area contributed by atoms with Crippen molar-refractivity contribution in [3.8, 4) is 0 Å². The molecule has 0 saturated carbocycles. The van der Waals surface area contributed by atoms with E-state index in [2.05, 4.69) is 5.32 Å². The Kier molecular flexibility index (Phi) is 6.01. The maximum Gasteiger partial charge on any atom is 0.410 e. The molecule has 0 radical (unpaired) electrons. The fraction of sp³-hybridized carbons (Fsp3) is 0.867. The van der Waals surface area contributed by atoms with Crippen molar-refractivity contribution >= 4 is 12.0 Å². The Morgan fingerprint density at radius 2 is 1.95 bits per heavy atom. The zero-order valence-corrected chi connectivity index (χ0v) is 13.8. The van der Waals surface area contributed by atoms with Gasteiger partial charge in [-0.2, -0.15) is 0 Å². The zero-order valence-electron chi connectivity index (χ0n) is 13.8. The van der Waals surface area contributed by atoms with Gasteiger partial charge in [-0.3, -0.25) is 4.79 Å². The van der Waals surface area contributed by atoms with E-state index in [-0.39, 0.29) is 24.0 Å². The SMILES string of the molecule is CC(C)C(N)C(=O)NC1CCCN(C(=O)OC(C)(C)C)C1. The van der Waals surface area contributed by atoms with Crippen molar-refractivity contribution in [1.82, 2.24) is 10.2 Å². The molecule has 0 aromatic heterocycles. The van der Waals surface area contributed by atoms with Crippen molar-refractivity contribution in [2.24, 2.45) is 11.7 Å². The monoisotopic (exact) mass is 299 g/mol. The van der Waals surface area contributed by atoms with Gasteiger partial charge in [0.15, 0.2) is 0 Å². The molecule has 1 heterocycles. The van der Waals surface area contributed by atoms with Gasteiger partial charge in [-0.1, -0.05) is 13.8 Å². The molecule has 3 N–H and O–H groups in total. The number of carbonyl (C=O) groups excluding carboxylic acids is 2. The standard InChI is InChI=1S/C15H29N3O3/c1-10(2)12(16)13(19)17-11-7-6-8-18(9-11)14(20)21-15(3,4)5/h10-12H,6-9,16H2,1-5H3,(H,17,19). The van der Waals surface area contributed by atoms with Crippen molar-refractivity contribution < 1.29 is 14.3 Å². The van der Waals surface area contributed by atoms with Crippen molar-refractivity contribution in [3.63, 3.8) is 0 Å². The van der Waals surface area contributed by atoms with Crippen LogP contribution in [-0.2, 0) is 9.53 Å². The van der Waals surface area contributed by atoms with Crippen LogP contribution in [0.15, 0.2) is 0 Å². The molecule has 2 unspecified atom stereocenters. The molecule has 1 saturated heterocycles. The van der Waals surface area contributed by atoms with Crippen LogP contribution < -0.4 is 11.1 Å². The largest absolute Gasteiger partial charge is 0.444 e. The highest BCUT2D eigenvalue weighted by Gasteiger charge is 2.29. The molecule has 0 spiro atoms. The van der Waals surface area contributed by atoms with Crippen LogP contribution in [-0.4, -0.2) is 47.7 Å². The van der Waals surface area contributed by atoms with Crippen molar-refractivity contribution in [2.75, 3.05) is 13.1 Å². The van der Waals surface area contributed by atoms with Gasteiger partial charge < -0.3 is 20.7 Å².